The molecule has 3 heteroatoms. The highest BCUT2D eigenvalue weighted by molar-refractivity contribution is 7.26. The van der Waals surface area contributed by atoms with E-state index in [9.17, 15) is 0 Å². The smallest absolute Gasteiger partial charge is 0.0467 e. The molecule has 0 amide bonds. The van der Waals surface area contributed by atoms with Crippen molar-refractivity contribution in [2.75, 3.05) is 4.90 Å². The molecule has 2 heterocycles. The quantitative estimate of drug-likeness (QED) is 0.164. The van der Waals surface area contributed by atoms with Crippen molar-refractivity contribution in [1.29, 1.82) is 0 Å². The van der Waals surface area contributed by atoms with E-state index in [0.29, 0.717) is 0 Å². The van der Waals surface area contributed by atoms with Crippen LogP contribution in [0.25, 0.3) is 84.5 Å². The Bertz CT molecular complexity index is 3060. The highest BCUT2D eigenvalue weighted by atomic mass is 32.1. The maximum absolute atomic E-state index is 2.41. The van der Waals surface area contributed by atoms with Crippen molar-refractivity contribution in [2.24, 2.45) is 0 Å². The molecule has 0 saturated carbocycles. The molecule has 0 radical (unpaired) electrons. The molecule has 0 N–H and O–H groups in total. The zero-order valence-electron chi connectivity index (χ0n) is 29.8. The maximum atomic E-state index is 2.41. The van der Waals surface area contributed by atoms with Crippen LogP contribution in [-0.4, -0.2) is 0 Å². The second-order valence-corrected chi connectivity index (χ2v) is 16.2. The molecule has 0 unspecified atom stereocenters. The summed E-state index contributed by atoms with van der Waals surface area (Å²) in [6.45, 7) is 0. The summed E-state index contributed by atoms with van der Waals surface area (Å²) in [6.07, 6.45) is 0. The van der Waals surface area contributed by atoms with Crippen molar-refractivity contribution in [3.05, 3.63) is 200 Å². The fourth-order valence-corrected chi connectivity index (χ4v) is 10.6. The van der Waals surface area contributed by atoms with Crippen molar-refractivity contribution in [3.8, 4) is 33.4 Å². The molecule has 0 bridgehead atoms. The Labute approximate surface area is 327 Å². The first-order valence-electron chi connectivity index (χ1n) is 18.7. The summed E-state index contributed by atoms with van der Waals surface area (Å²) >= 11 is 3.73. The van der Waals surface area contributed by atoms with Gasteiger partial charge in [-0.25, -0.2) is 0 Å². The van der Waals surface area contributed by atoms with Crippen LogP contribution < -0.4 is 4.90 Å². The average molecular weight is 736 g/mol. The zero-order valence-corrected chi connectivity index (χ0v) is 31.4. The molecule has 0 aliphatic carbocycles. The highest BCUT2D eigenvalue weighted by Gasteiger charge is 2.18. The maximum Gasteiger partial charge on any atom is 0.0467 e. The molecule has 9 aromatic carbocycles. The Balaban J connectivity index is 1.09. The monoisotopic (exact) mass is 735 g/mol. The zero-order chi connectivity index (χ0) is 36.3. The van der Waals surface area contributed by atoms with Gasteiger partial charge >= 0.3 is 0 Å². The van der Waals surface area contributed by atoms with E-state index >= 15 is 0 Å². The predicted molar refractivity (Wildman–Crippen MR) is 241 cm³/mol. The fraction of sp³-hybridized carbons (Fsp3) is 0. The molecule has 258 valence electrons. The lowest BCUT2D eigenvalue weighted by Gasteiger charge is -2.27. The number of benzene rings is 9. The Kier molecular flexibility index (Phi) is 7.61. The number of thiophene rings is 2. The molecular weight excluding hydrogens is 703 g/mol. The van der Waals surface area contributed by atoms with Gasteiger partial charge < -0.3 is 4.90 Å². The minimum atomic E-state index is 1.11. The van der Waals surface area contributed by atoms with Gasteiger partial charge in [-0.3, -0.25) is 0 Å². The molecular formula is C52H33NS2. The summed E-state index contributed by atoms with van der Waals surface area (Å²) in [5, 5.41) is 7.79. The number of hydrogen-bond acceptors (Lipinski definition) is 3. The van der Waals surface area contributed by atoms with Crippen LogP contribution in [0.5, 0.6) is 0 Å². The number of hydrogen-bond donors (Lipinski definition) is 0. The summed E-state index contributed by atoms with van der Waals surface area (Å²) in [5.74, 6) is 0. The molecule has 1 nitrogen and oxygen atoms in total. The number of fused-ring (bicyclic) bond motifs is 7. The molecule has 2 aromatic heterocycles. The van der Waals surface area contributed by atoms with Crippen LogP contribution in [0.2, 0.25) is 0 Å². The van der Waals surface area contributed by atoms with Gasteiger partial charge in [0, 0.05) is 57.4 Å². The fourth-order valence-electron chi connectivity index (χ4n) is 8.37. The van der Waals surface area contributed by atoms with E-state index in [1.54, 1.807) is 0 Å². The molecule has 0 atom stereocenters. The second kappa shape index (κ2) is 13.1. The van der Waals surface area contributed by atoms with Crippen molar-refractivity contribution < 1.29 is 0 Å². The Morgan fingerprint density at radius 3 is 1.35 bits per heavy atom. The SMILES string of the molecule is c1cc(-c2cccc3sc4ccccc4c23)cc(N(c2ccc(-c3cccc4ccccc34)cc2)c2cccc(-c3cccc4sc5ccccc5c34)c2)c1. The van der Waals surface area contributed by atoms with Crippen LogP contribution in [0.3, 0.4) is 0 Å². The molecule has 55 heavy (non-hydrogen) atoms. The van der Waals surface area contributed by atoms with E-state index in [1.807, 2.05) is 22.7 Å². The number of anilines is 3. The van der Waals surface area contributed by atoms with Crippen LogP contribution in [0.1, 0.15) is 0 Å². The van der Waals surface area contributed by atoms with Gasteiger partial charge in [0.2, 0.25) is 0 Å². The lowest BCUT2D eigenvalue weighted by Crippen LogP contribution is -2.10. The van der Waals surface area contributed by atoms with Crippen molar-refractivity contribution in [3.63, 3.8) is 0 Å². The summed E-state index contributed by atoms with van der Waals surface area (Å²) in [7, 11) is 0. The van der Waals surface area contributed by atoms with E-state index in [4.69, 9.17) is 0 Å². The first kappa shape index (κ1) is 32.0. The summed E-state index contributed by atoms with van der Waals surface area (Å²) in [4.78, 5) is 2.41. The van der Waals surface area contributed by atoms with Gasteiger partial charge in [0.15, 0.2) is 0 Å². The molecule has 0 aliphatic heterocycles. The van der Waals surface area contributed by atoms with Gasteiger partial charge in [0.25, 0.3) is 0 Å². The Morgan fingerprint density at radius 1 is 0.291 bits per heavy atom. The molecule has 11 rings (SSSR count). The van der Waals surface area contributed by atoms with E-state index in [-0.39, 0.29) is 0 Å². The van der Waals surface area contributed by atoms with E-state index in [0.717, 1.165) is 17.1 Å². The minimum absolute atomic E-state index is 1.11. The largest absolute Gasteiger partial charge is 0.310 e. The van der Waals surface area contributed by atoms with Gasteiger partial charge in [-0.2, -0.15) is 0 Å². The van der Waals surface area contributed by atoms with Crippen molar-refractivity contribution in [2.45, 2.75) is 0 Å². The van der Waals surface area contributed by atoms with Gasteiger partial charge in [0.1, 0.15) is 0 Å². The van der Waals surface area contributed by atoms with Gasteiger partial charge in [-0.15, -0.1) is 22.7 Å². The normalized spacial score (nSPS) is 11.6. The minimum Gasteiger partial charge on any atom is -0.310 e. The third-order valence-electron chi connectivity index (χ3n) is 10.9. The van der Waals surface area contributed by atoms with E-state index in [2.05, 4.69) is 205 Å². The van der Waals surface area contributed by atoms with Gasteiger partial charge in [0.05, 0.1) is 0 Å². The molecule has 11 aromatic rings. The summed E-state index contributed by atoms with van der Waals surface area (Å²) in [5.41, 5.74) is 10.7. The van der Waals surface area contributed by atoms with Crippen LogP contribution in [-0.2, 0) is 0 Å². The third kappa shape index (κ3) is 5.43. The van der Waals surface area contributed by atoms with E-state index in [1.165, 1.54) is 84.5 Å². The first-order valence-corrected chi connectivity index (χ1v) is 20.3. The molecule has 0 saturated heterocycles. The molecule has 0 aliphatic rings. The molecule has 0 spiro atoms. The topological polar surface area (TPSA) is 3.24 Å². The van der Waals surface area contributed by atoms with Crippen LogP contribution in [0, 0.1) is 0 Å². The predicted octanol–water partition coefficient (Wildman–Crippen LogP) is 16.0. The van der Waals surface area contributed by atoms with Crippen molar-refractivity contribution >= 4 is 90.9 Å². The van der Waals surface area contributed by atoms with Crippen LogP contribution in [0.4, 0.5) is 17.1 Å². The van der Waals surface area contributed by atoms with Crippen molar-refractivity contribution in [1.82, 2.24) is 0 Å². The Hall–Kier alpha value is -6.52. The lowest BCUT2D eigenvalue weighted by atomic mass is 9.97. The standard InChI is InChI=1S/C52H33NS2/c1-2-18-41-34(12-1)13-9-21-42(41)35-28-30-38(31-29-35)53(39-16-7-14-36(32-39)43-22-10-26-49-51(43)45-19-3-5-24-47(45)54-49)40-17-8-15-37(33-40)44-23-11-27-50-52(44)46-20-4-6-25-48(46)55-50/h1-33H. The van der Waals surface area contributed by atoms with Crippen LogP contribution in [0.15, 0.2) is 200 Å². The average Bonchev–Trinajstić information content (AvgIpc) is 3.83. The third-order valence-corrected chi connectivity index (χ3v) is 13.1. The number of rotatable bonds is 6. The second-order valence-electron chi connectivity index (χ2n) is 14.1. The van der Waals surface area contributed by atoms with Gasteiger partial charge in [-0.05, 0) is 105 Å². The number of nitrogens with zero attached hydrogens (tertiary/aromatic N) is 1. The first-order chi connectivity index (χ1) is 27.3. The van der Waals surface area contributed by atoms with Gasteiger partial charge in [-0.1, -0.05) is 140 Å². The summed E-state index contributed by atoms with van der Waals surface area (Å²) < 4.78 is 5.26. The summed E-state index contributed by atoms with van der Waals surface area (Å²) in [6, 6.07) is 73.4. The van der Waals surface area contributed by atoms with E-state index < -0.39 is 0 Å². The lowest BCUT2D eigenvalue weighted by molar-refractivity contribution is 1.28. The highest BCUT2D eigenvalue weighted by Crippen LogP contribution is 2.45. The Morgan fingerprint density at radius 2 is 0.745 bits per heavy atom. The van der Waals surface area contributed by atoms with Crippen LogP contribution >= 0.6 is 22.7 Å². The molecule has 0 fully saturated rings.